The molecule has 0 spiro atoms. The lowest BCUT2D eigenvalue weighted by Gasteiger charge is -2.19. The molecule has 9 heteroatoms. The molecule has 0 unspecified atom stereocenters. The summed E-state index contributed by atoms with van der Waals surface area (Å²) in [5.41, 5.74) is 0.685. The molecule has 0 bridgehead atoms. The summed E-state index contributed by atoms with van der Waals surface area (Å²) in [6.45, 7) is 0.584. The van der Waals surface area contributed by atoms with Crippen LogP contribution in [0, 0.1) is 0 Å². The Kier molecular flexibility index (Phi) is 5.66. The molecule has 1 N–H and O–H groups in total. The zero-order chi connectivity index (χ0) is 18.6. The van der Waals surface area contributed by atoms with Crippen molar-refractivity contribution in [2.24, 2.45) is 0 Å². The topological polar surface area (TPSA) is 75.7 Å². The van der Waals surface area contributed by atoms with E-state index in [4.69, 9.17) is 0 Å². The van der Waals surface area contributed by atoms with Gasteiger partial charge in [0.15, 0.2) is 0 Å². The molecule has 1 saturated heterocycles. The predicted molar refractivity (Wildman–Crippen MR) is 82.0 cm³/mol. The summed E-state index contributed by atoms with van der Waals surface area (Å²) in [5.74, 6) is -2.03. The zero-order valence-corrected chi connectivity index (χ0v) is 13.4. The van der Waals surface area contributed by atoms with Gasteiger partial charge in [0.05, 0.1) is 13.5 Å². The number of hydrogen-bond acceptors (Lipinski definition) is 4. The number of anilines is 1. The number of nitrogens with one attached hydrogen (secondary N) is 1. The minimum absolute atomic E-state index is 0.0202. The van der Waals surface area contributed by atoms with Crippen LogP contribution in [0.5, 0.6) is 0 Å². The molecule has 0 aromatic heterocycles. The van der Waals surface area contributed by atoms with Crippen LogP contribution >= 0.6 is 0 Å². The summed E-state index contributed by atoms with van der Waals surface area (Å²) in [4.78, 5) is 36.8. The Hall–Kier alpha value is -2.58. The fourth-order valence-electron chi connectivity index (χ4n) is 2.52. The number of benzene rings is 1. The Morgan fingerprint density at radius 1 is 1.28 bits per heavy atom. The second-order valence-electron chi connectivity index (χ2n) is 5.56. The number of amides is 2. The van der Waals surface area contributed by atoms with Crippen molar-refractivity contribution in [3.8, 4) is 0 Å². The molecular formula is C16H17F3N2O4. The Morgan fingerprint density at radius 3 is 2.40 bits per heavy atom. The quantitative estimate of drug-likeness (QED) is 0.818. The standard InChI is InChI=1S/C16H17F3N2O4/c1-25-15(24)12(9-16(17,18)19)20-14(23)10-4-6-11(7-5-10)21-8-2-3-13(21)22/h4-7,12H,2-3,8-9H2,1H3,(H,20,23)/t12-/m0/s1. The van der Waals surface area contributed by atoms with Gasteiger partial charge in [-0.15, -0.1) is 0 Å². The number of hydrogen-bond donors (Lipinski definition) is 1. The van der Waals surface area contributed by atoms with Crippen LogP contribution in [0.4, 0.5) is 18.9 Å². The lowest BCUT2D eigenvalue weighted by Crippen LogP contribution is -2.44. The highest BCUT2D eigenvalue weighted by atomic mass is 19.4. The van der Waals surface area contributed by atoms with Crippen molar-refractivity contribution in [2.75, 3.05) is 18.6 Å². The van der Waals surface area contributed by atoms with E-state index in [1.807, 2.05) is 5.32 Å². The number of methoxy groups -OCH3 is 1. The lowest BCUT2D eigenvalue weighted by atomic mass is 10.1. The molecule has 1 aliphatic rings. The number of nitrogens with zero attached hydrogens (tertiary/aromatic N) is 1. The van der Waals surface area contributed by atoms with Crippen LogP contribution in [0.15, 0.2) is 24.3 Å². The Bertz CT molecular complexity index is 658. The molecule has 1 aliphatic heterocycles. The van der Waals surface area contributed by atoms with Gasteiger partial charge in [0.2, 0.25) is 5.91 Å². The van der Waals surface area contributed by atoms with Gasteiger partial charge < -0.3 is 15.0 Å². The van der Waals surface area contributed by atoms with Gasteiger partial charge in [-0.25, -0.2) is 4.79 Å². The van der Waals surface area contributed by atoms with Gasteiger partial charge in [-0.2, -0.15) is 13.2 Å². The van der Waals surface area contributed by atoms with Gasteiger partial charge in [-0.1, -0.05) is 0 Å². The summed E-state index contributed by atoms with van der Waals surface area (Å²) in [5, 5.41) is 2.02. The molecule has 1 fully saturated rings. The maximum atomic E-state index is 12.5. The highest BCUT2D eigenvalue weighted by Crippen LogP contribution is 2.23. The molecule has 136 valence electrons. The molecule has 2 rings (SSSR count). The number of alkyl halides is 3. The summed E-state index contributed by atoms with van der Waals surface area (Å²) in [6, 6.07) is 4.03. The van der Waals surface area contributed by atoms with Crippen molar-refractivity contribution in [3.63, 3.8) is 0 Å². The summed E-state index contributed by atoms with van der Waals surface area (Å²) >= 11 is 0. The number of carbonyl (C=O) groups is 3. The van der Waals surface area contributed by atoms with E-state index < -0.39 is 30.5 Å². The van der Waals surface area contributed by atoms with E-state index in [2.05, 4.69) is 4.74 Å². The molecule has 0 aliphatic carbocycles. The third kappa shape index (κ3) is 4.94. The Morgan fingerprint density at radius 2 is 1.92 bits per heavy atom. The molecule has 0 radical (unpaired) electrons. The fraction of sp³-hybridized carbons (Fsp3) is 0.438. The first kappa shape index (κ1) is 18.8. The number of rotatable bonds is 5. The highest BCUT2D eigenvalue weighted by molar-refractivity contribution is 5.98. The van der Waals surface area contributed by atoms with Crippen LogP contribution < -0.4 is 10.2 Å². The third-order valence-corrected chi connectivity index (χ3v) is 3.74. The molecule has 25 heavy (non-hydrogen) atoms. The zero-order valence-electron chi connectivity index (χ0n) is 13.4. The predicted octanol–water partition coefficient (Wildman–Crippen LogP) is 2.04. The Labute approximate surface area is 141 Å². The summed E-state index contributed by atoms with van der Waals surface area (Å²) < 4.78 is 41.9. The van der Waals surface area contributed by atoms with Crippen LogP contribution in [-0.2, 0) is 14.3 Å². The van der Waals surface area contributed by atoms with Crippen LogP contribution in [0.1, 0.15) is 29.6 Å². The second-order valence-corrected chi connectivity index (χ2v) is 5.56. The smallest absolute Gasteiger partial charge is 0.391 e. The van der Waals surface area contributed by atoms with Gasteiger partial charge in [0.1, 0.15) is 6.04 Å². The van der Waals surface area contributed by atoms with Gasteiger partial charge >= 0.3 is 12.1 Å². The third-order valence-electron chi connectivity index (χ3n) is 3.74. The van der Waals surface area contributed by atoms with Crippen molar-refractivity contribution in [1.82, 2.24) is 5.32 Å². The average molecular weight is 358 g/mol. The fourth-order valence-corrected chi connectivity index (χ4v) is 2.52. The van der Waals surface area contributed by atoms with Crippen molar-refractivity contribution < 1.29 is 32.3 Å². The van der Waals surface area contributed by atoms with Crippen molar-refractivity contribution >= 4 is 23.5 Å². The van der Waals surface area contributed by atoms with Gasteiger partial charge in [-0.3, -0.25) is 9.59 Å². The minimum Gasteiger partial charge on any atom is -0.467 e. The van der Waals surface area contributed by atoms with E-state index in [1.54, 1.807) is 4.90 Å². The highest BCUT2D eigenvalue weighted by Gasteiger charge is 2.37. The van der Waals surface area contributed by atoms with Crippen molar-refractivity contribution in [3.05, 3.63) is 29.8 Å². The molecule has 1 aromatic rings. The van der Waals surface area contributed by atoms with Crippen LogP contribution in [0.2, 0.25) is 0 Å². The number of esters is 1. The largest absolute Gasteiger partial charge is 0.467 e. The molecular weight excluding hydrogens is 341 g/mol. The maximum absolute atomic E-state index is 12.5. The summed E-state index contributed by atoms with van der Waals surface area (Å²) in [6.07, 6.45) is -4.95. The van der Waals surface area contributed by atoms with E-state index >= 15 is 0 Å². The molecule has 1 heterocycles. The molecule has 1 aromatic carbocycles. The SMILES string of the molecule is COC(=O)[C@H](CC(F)(F)F)NC(=O)c1ccc(N2CCCC2=O)cc1. The average Bonchev–Trinajstić information content (AvgIpc) is 2.98. The second kappa shape index (κ2) is 7.54. The minimum atomic E-state index is -4.63. The van der Waals surface area contributed by atoms with Crippen LogP contribution in [0.3, 0.4) is 0 Å². The van der Waals surface area contributed by atoms with Gasteiger partial charge in [0.25, 0.3) is 5.91 Å². The molecule has 2 amide bonds. The number of ether oxygens (including phenoxy) is 1. The van der Waals surface area contributed by atoms with Crippen molar-refractivity contribution in [2.45, 2.75) is 31.5 Å². The number of halogens is 3. The van der Waals surface area contributed by atoms with E-state index in [0.29, 0.717) is 18.7 Å². The molecule has 6 nitrogen and oxygen atoms in total. The van der Waals surface area contributed by atoms with E-state index in [1.165, 1.54) is 24.3 Å². The molecule has 0 saturated carbocycles. The first-order valence-corrected chi connectivity index (χ1v) is 7.57. The van der Waals surface area contributed by atoms with Crippen LogP contribution in [0.25, 0.3) is 0 Å². The van der Waals surface area contributed by atoms with E-state index in [9.17, 15) is 27.6 Å². The Balaban J connectivity index is 2.08. The van der Waals surface area contributed by atoms with Crippen LogP contribution in [-0.4, -0.2) is 43.7 Å². The van der Waals surface area contributed by atoms with Crippen molar-refractivity contribution in [1.29, 1.82) is 0 Å². The van der Waals surface area contributed by atoms with Gasteiger partial charge in [-0.05, 0) is 30.7 Å². The first-order valence-electron chi connectivity index (χ1n) is 7.57. The summed E-state index contributed by atoms with van der Waals surface area (Å²) in [7, 11) is 0.944. The lowest BCUT2D eigenvalue weighted by molar-refractivity contribution is -0.160. The first-order chi connectivity index (χ1) is 11.7. The van der Waals surface area contributed by atoms with Gasteiger partial charge in [0, 0.05) is 24.2 Å². The van der Waals surface area contributed by atoms with E-state index in [-0.39, 0.29) is 11.5 Å². The van der Waals surface area contributed by atoms with E-state index in [0.717, 1.165) is 13.5 Å². The monoisotopic (exact) mass is 358 g/mol. The number of carbonyl (C=O) groups excluding carboxylic acids is 3. The maximum Gasteiger partial charge on any atom is 0.391 e. The molecule has 1 atom stereocenters. The normalized spacial score (nSPS) is 15.8.